The standard InChI is InChI=1S/C25H25NO3/c1-17(18-5-3-2-4-6-18)20-9-10-22-19(12-14-29-24(22)15-20)7-8-21-16-26-13-11-23(21)25(27)28/h2-6,9-11,13,15-17,19H,7-8,12,14H2,1H3,(H,27,28)/t17-,19-/m1/s1. The third kappa shape index (κ3) is 4.16. The maximum Gasteiger partial charge on any atom is 0.336 e. The lowest BCUT2D eigenvalue weighted by molar-refractivity contribution is 0.0695. The van der Waals surface area contributed by atoms with E-state index in [1.807, 2.05) is 6.07 Å². The Labute approximate surface area is 171 Å². The molecular formula is C25H25NO3. The Bertz CT molecular complexity index is 1000. The summed E-state index contributed by atoms with van der Waals surface area (Å²) in [7, 11) is 0. The average molecular weight is 387 g/mol. The van der Waals surface area contributed by atoms with Crippen molar-refractivity contribution in [1.82, 2.24) is 4.98 Å². The minimum atomic E-state index is -0.894. The molecule has 3 aromatic rings. The smallest absolute Gasteiger partial charge is 0.336 e. The predicted molar refractivity (Wildman–Crippen MR) is 113 cm³/mol. The van der Waals surface area contributed by atoms with Crippen LogP contribution in [0.3, 0.4) is 0 Å². The molecule has 0 unspecified atom stereocenters. The summed E-state index contributed by atoms with van der Waals surface area (Å²) in [5.41, 5.74) is 4.90. The maximum absolute atomic E-state index is 11.4. The van der Waals surface area contributed by atoms with Crippen molar-refractivity contribution in [2.45, 2.75) is 38.0 Å². The zero-order valence-electron chi connectivity index (χ0n) is 16.5. The van der Waals surface area contributed by atoms with Crippen molar-refractivity contribution in [3.8, 4) is 5.75 Å². The van der Waals surface area contributed by atoms with Crippen LogP contribution in [0.2, 0.25) is 0 Å². The number of hydrogen-bond acceptors (Lipinski definition) is 3. The van der Waals surface area contributed by atoms with Gasteiger partial charge in [-0.25, -0.2) is 4.79 Å². The third-order valence-electron chi connectivity index (χ3n) is 5.90. The van der Waals surface area contributed by atoms with E-state index in [1.54, 1.807) is 12.3 Å². The molecule has 1 aliphatic rings. The molecule has 1 N–H and O–H groups in total. The van der Waals surface area contributed by atoms with Gasteiger partial charge in [-0.2, -0.15) is 0 Å². The molecule has 0 saturated heterocycles. The molecule has 0 fully saturated rings. The van der Waals surface area contributed by atoms with Gasteiger partial charge in [0.1, 0.15) is 5.75 Å². The summed E-state index contributed by atoms with van der Waals surface area (Å²) in [6.45, 7) is 2.91. The molecule has 0 aliphatic carbocycles. The van der Waals surface area contributed by atoms with Crippen LogP contribution in [-0.2, 0) is 6.42 Å². The van der Waals surface area contributed by atoms with E-state index in [1.165, 1.54) is 22.9 Å². The number of rotatable bonds is 6. The molecule has 1 aromatic heterocycles. The van der Waals surface area contributed by atoms with Crippen LogP contribution in [0.4, 0.5) is 0 Å². The molecule has 2 aromatic carbocycles. The molecule has 2 heterocycles. The fourth-order valence-corrected chi connectivity index (χ4v) is 4.15. The maximum atomic E-state index is 11.4. The van der Waals surface area contributed by atoms with Crippen LogP contribution in [0.15, 0.2) is 67.0 Å². The number of fused-ring (bicyclic) bond motifs is 1. The summed E-state index contributed by atoms with van der Waals surface area (Å²) >= 11 is 0. The highest BCUT2D eigenvalue weighted by atomic mass is 16.5. The van der Waals surface area contributed by atoms with Crippen molar-refractivity contribution < 1.29 is 14.6 Å². The predicted octanol–water partition coefficient (Wildman–Crippen LogP) is 5.43. The molecule has 4 nitrogen and oxygen atoms in total. The molecule has 29 heavy (non-hydrogen) atoms. The van der Waals surface area contributed by atoms with Gasteiger partial charge in [-0.1, -0.05) is 49.4 Å². The summed E-state index contributed by atoms with van der Waals surface area (Å²) in [5.74, 6) is 0.737. The molecule has 0 amide bonds. The van der Waals surface area contributed by atoms with Crippen molar-refractivity contribution >= 4 is 5.97 Å². The first-order valence-electron chi connectivity index (χ1n) is 10.1. The van der Waals surface area contributed by atoms with Gasteiger partial charge in [-0.15, -0.1) is 0 Å². The average Bonchev–Trinajstić information content (AvgIpc) is 2.77. The number of nitrogens with zero attached hydrogens (tertiary/aromatic N) is 1. The topological polar surface area (TPSA) is 59.4 Å². The highest BCUT2D eigenvalue weighted by molar-refractivity contribution is 5.89. The van der Waals surface area contributed by atoms with Gasteiger partial charge in [0, 0.05) is 18.3 Å². The van der Waals surface area contributed by atoms with E-state index in [0.717, 1.165) is 24.2 Å². The van der Waals surface area contributed by atoms with E-state index < -0.39 is 5.97 Å². The fraction of sp³-hybridized carbons (Fsp3) is 0.280. The van der Waals surface area contributed by atoms with Crippen LogP contribution in [-0.4, -0.2) is 22.7 Å². The minimum Gasteiger partial charge on any atom is -0.493 e. The molecule has 0 radical (unpaired) electrons. The van der Waals surface area contributed by atoms with E-state index >= 15 is 0 Å². The van der Waals surface area contributed by atoms with Gasteiger partial charge in [0.2, 0.25) is 0 Å². The van der Waals surface area contributed by atoms with Crippen LogP contribution < -0.4 is 4.74 Å². The first-order chi connectivity index (χ1) is 14.1. The normalized spacial score (nSPS) is 16.5. The number of aromatic carboxylic acids is 1. The summed E-state index contributed by atoms with van der Waals surface area (Å²) in [6, 6.07) is 18.6. The number of aryl methyl sites for hydroxylation is 1. The Morgan fingerprint density at radius 3 is 2.79 bits per heavy atom. The number of carboxylic acids is 1. The highest BCUT2D eigenvalue weighted by Gasteiger charge is 2.23. The zero-order chi connectivity index (χ0) is 20.2. The van der Waals surface area contributed by atoms with Crippen molar-refractivity contribution in [2.75, 3.05) is 6.61 Å². The van der Waals surface area contributed by atoms with Gasteiger partial charge < -0.3 is 9.84 Å². The zero-order valence-corrected chi connectivity index (χ0v) is 16.5. The Morgan fingerprint density at radius 2 is 2.00 bits per heavy atom. The van der Waals surface area contributed by atoms with Crippen LogP contribution in [0, 0.1) is 0 Å². The molecule has 4 heteroatoms. The second-order valence-corrected chi connectivity index (χ2v) is 7.64. The van der Waals surface area contributed by atoms with Crippen LogP contribution in [0.25, 0.3) is 0 Å². The molecule has 0 spiro atoms. The molecule has 0 saturated carbocycles. The molecule has 1 aliphatic heterocycles. The van der Waals surface area contributed by atoms with Gasteiger partial charge >= 0.3 is 5.97 Å². The quantitative estimate of drug-likeness (QED) is 0.613. The van der Waals surface area contributed by atoms with E-state index in [2.05, 4.69) is 54.4 Å². The van der Waals surface area contributed by atoms with Crippen molar-refractivity contribution in [2.24, 2.45) is 0 Å². The van der Waals surface area contributed by atoms with Crippen molar-refractivity contribution in [3.63, 3.8) is 0 Å². The van der Waals surface area contributed by atoms with E-state index in [0.29, 0.717) is 30.4 Å². The van der Waals surface area contributed by atoms with Gasteiger partial charge in [0.15, 0.2) is 0 Å². The number of hydrogen-bond donors (Lipinski definition) is 1. The lowest BCUT2D eigenvalue weighted by Crippen LogP contribution is -2.16. The fourth-order valence-electron chi connectivity index (χ4n) is 4.15. The summed E-state index contributed by atoms with van der Waals surface area (Å²) in [5, 5.41) is 9.39. The van der Waals surface area contributed by atoms with Crippen LogP contribution in [0.5, 0.6) is 5.75 Å². The summed E-state index contributed by atoms with van der Waals surface area (Å²) < 4.78 is 5.99. The molecular weight excluding hydrogens is 362 g/mol. The van der Waals surface area contributed by atoms with E-state index in [4.69, 9.17) is 4.74 Å². The monoisotopic (exact) mass is 387 g/mol. The molecule has 0 bridgehead atoms. The van der Waals surface area contributed by atoms with E-state index in [9.17, 15) is 9.90 Å². The third-order valence-corrected chi connectivity index (χ3v) is 5.90. The number of carboxylic acid groups (broad SMARTS) is 1. The van der Waals surface area contributed by atoms with Gasteiger partial charge in [-0.05, 0) is 59.6 Å². The van der Waals surface area contributed by atoms with Crippen LogP contribution >= 0.6 is 0 Å². The molecule has 4 rings (SSSR count). The SMILES string of the molecule is C[C@H](c1ccccc1)c1ccc2c(c1)OCC[C@H]2CCc1cnccc1C(=O)O. The minimum absolute atomic E-state index is 0.305. The number of aromatic nitrogens is 1. The first-order valence-corrected chi connectivity index (χ1v) is 10.1. The Balaban J connectivity index is 1.53. The number of pyridine rings is 1. The summed E-state index contributed by atoms with van der Waals surface area (Å²) in [6.07, 6.45) is 5.74. The molecule has 148 valence electrons. The first kappa shape index (κ1) is 19.2. The Morgan fingerprint density at radius 1 is 1.17 bits per heavy atom. The Kier molecular flexibility index (Phi) is 5.61. The Hall–Kier alpha value is -3.14. The lowest BCUT2D eigenvalue weighted by atomic mass is 9.85. The second-order valence-electron chi connectivity index (χ2n) is 7.64. The van der Waals surface area contributed by atoms with E-state index in [-0.39, 0.29) is 0 Å². The largest absolute Gasteiger partial charge is 0.493 e. The van der Waals surface area contributed by atoms with Crippen LogP contribution in [0.1, 0.15) is 64.2 Å². The van der Waals surface area contributed by atoms with Crippen molar-refractivity contribution in [1.29, 1.82) is 0 Å². The summed E-state index contributed by atoms with van der Waals surface area (Å²) in [4.78, 5) is 15.5. The van der Waals surface area contributed by atoms with Gasteiger partial charge in [-0.3, -0.25) is 4.98 Å². The number of ether oxygens (including phenoxy) is 1. The van der Waals surface area contributed by atoms with Crippen molar-refractivity contribution in [3.05, 3.63) is 94.8 Å². The highest BCUT2D eigenvalue weighted by Crippen LogP contribution is 2.39. The number of carbonyl (C=O) groups is 1. The lowest BCUT2D eigenvalue weighted by Gasteiger charge is -2.27. The van der Waals surface area contributed by atoms with Gasteiger partial charge in [0.05, 0.1) is 12.2 Å². The molecule has 2 atom stereocenters. The second kappa shape index (κ2) is 8.48. The number of benzene rings is 2. The van der Waals surface area contributed by atoms with Gasteiger partial charge in [0.25, 0.3) is 0 Å².